The van der Waals surface area contributed by atoms with Gasteiger partial charge in [0.15, 0.2) is 0 Å². The van der Waals surface area contributed by atoms with Crippen LogP contribution in [-0.2, 0) is 0 Å². The minimum atomic E-state index is 0.439. The average molecular weight is 212 g/mol. The van der Waals surface area contributed by atoms with Crippen molar-refractivity contribution in [1.82, 2.24) is 0 Å². The fourth-order valence-electron chi connectivity index (χ4n) is 0.781. The highest BCUT2D eigenvalue weighted by Gasteiger charge is 2.30. The van der Waals surface area contributed by atoms with Gasteiger partial charge in [0.05, 0.1) is 4.08 Å². The van der Waals surface area contributed by atoms with E-state index in [1.165, 1.54) is 16.6 Å². The predicted molar refractivity (Wildman–Crippen MR) is 59.4 cm³/mol. The molecule has 1 saturated heterocycles. The van der Waals surface area contributed by atoms with Crippen LogP contribution in [0.2, 0.25) is 0 Å². The summed E-state index contributed by atoms with van der Waals surface area (Å²) in [6.07, 6.45) is 1.24. The molecule has 60 valence electrons. The molecule has 1 aliphatic heterocycles. The maximum atomic E-state index is 4.38. The van der Waals surface area contributed by atoms with Gasteiger partial charge in [-0.05, 0) is 6.42 Å². The van der Waals surface area contributed by atoms with Crippen molar-refractivity contribution in [3.05, 3.63) is 0 Å². The van der Waals surface area contributed by atoms with E-state index >= 15 is 0 Å². The summed E-state index contributed by atoms with van der Waals surface area (Å²) in [6, 6.07) is 0. The van der Waals surface area contributed by atoms with Gasteiger partial charge in [0.1, 0.15) is 0 Å². The van der Waals surface area contributed by atoms with Crippen molar-refractivity contribution in [2.45, 2.75) is 17.4 Å². The first-order valence-corrected chi connectivity index (χ1v) is 7.05. The first-order valence-electron chi connectivity index (χ1n) is 3.29. The highest BCUT2D eigenvalue weighted by atomic mass is 32.3. The third-order valence-electron chi connectivity index (χ3n) is 1.59. The number of thioether (sulfide) groups is 3. The maximum absolute atomic E-state index is 4.38. The number of rotatable bonds is 2. The predicted octanol–water partition coefficient (Wildman–Crippen LogP) is 3.15. The average Bonchev–Trinajstić information content (AvgIpc) is 2.06. The second-order valence-electron chi connectivity index (χ2n) is 2.15. The SMILES string of the molecule is CCC1(CS)SCSCS1. The van der Waals surface area contributed by atoms with Crippen LogP contribution in [0.25, 0.3) is 0 Å². The van der Waals surface area contributed by atoms with Crippen LogP contribution >= 0.6 is 47.9 Å². The molecule has 0 atom stereocenters. The standard InChI is InChI=1S/C6H12S4/c1-2-6(3-7)9-4-8-5-10-6/h7H,2-5H2,1H3. The van der Waals surface area contributed by atoms with E-state index in [0.29, 0.717) is 4.08 Å². The molecule has 0 amide bonds. The summed E-state index contributed by atoms with van der Waals surface area (Å²) in [5.41, 5.74) is 0. The highest BCUT2D eigenvalue weighted by Crippen LogP contribution is 2.48. The Bertz CT molecular complexity index is 91.9. The van der Waals surface area contributed by atoms with E-state index in [9.17, 15) is 0 Å². The molecular weight excluding hydrogens is 200 g/mol. The van der Waals surface area contributed by atoms with Crippen LogP contribution in [0.3, 0.4) is 0 Å². The van der Waals surface area contributed by atoms with Gasteiger partial charge in [0.25, 0.3) is 0 Å². The van der Waals surface area contributed by atoms with Gasteiger partial charge in [0.2, 0.25) is 0 Å². The molecular formula is C6H12S4. The van der Waals surface area contributed by atoms with Crippen molar-refractivity contribution in [1.29, 1.82) is 0 Å². The van der Waals surface area contributed by atoms with Gasteiger partial charge < -0.3 is 0 Å². The zero-order valence-corrected chi connectivity index (χ0v) is 9.34. The molecule has 4 heteroatoms. The zero-order valence-electron chi connectivity index (χ0n) is 6.00. The molecule has 1 aliphatic rings. The molecule has 1 fully saturated rings. The Labute approximate surface area is 81.1 Å². The molecule has 0 nitrogen and oxygen atoms in total. The van der Waals surface area contributed by atoms with Gasteiger partial charge in [-0.3, -0.25) is 0 Å². The van der Waals surface area contributed by atoms with Gasteiger partial charge in [-0.1, -0.05) is 6.92 Å². The second kappa shape index (κ2) is 4.43. The molecule has 0 aromatic rings. The van der Waals surface area contributed by atoms with E-state index < -0.39 is 0 Å². The lowest BCUT2D eigenvalue weighted by Gasteiger charge is -2.33. The summed E-state index contributed by atoms with van der Waals surface area (Å²) >= 11 is 10.5. The Morgan fingerprint density at radius 1 is 1.40 bits per heavy atom. The third-order valence-corrected chi connectivity index (χ3v) is 7.46. The van der Waals surface area contributed by atoms with Gasteiger partial charge in [0, 0.05) is 15.9 Å². The molecule has 10 heavy (non-hydrogen) atoms. The Kier molecular flexibility index (Phi) is 4.20. The smallest absolute Gasteiger partial charge is 0.0712 e. The number of hydrogen-bond donors (Lipinski definition) is 1. The van der Waals surface area contributed by atoms with Crippen LogP contribution < -0.4 is 0 Å². The van der Waals surface area contributed by atoms with Gasteiger partial charge in [-0.15, -0.1) is 35.3 Å². The van der Waals surface area contributed by atoms with E-state index in [0.717, 1.165) is 5.75 Å². The minimum Gasteiger partial charge on any atom is -0.177 e. The normalized spacial score (nSPS) is 24.6. The molecule has 0 bridgehead atoms. The van der Waals surface area contributed by atoms with Crippen molar-refractivity contribution >= 4 is 47.9 Å². The Balaban J connectivity index is 2.44. The van der Waals surface area contributed by atoms with Crippen molar-refractivity contribution in [3.8, 4) is 0 Å². The lowest BCUT2D eigenvalue weighted by atomic mass is 10.4. The van der Waals surface area contributed by atoms with Crippen LogP contribution in [0.5, 0.6) is 0 Å². The van der Waals surface area contributed by atoms with Crippen LogP contribution in [0.15, 0.2) is 0 Å². The summed E-state index contributed by atoms with van der Waals surface area (Å²) in [6.45, 7) is 2.26. The quantitative estimate of drug-likeness (QED) is 0.699. The molecule has 0 saturated carbocycles. The Morgan fingerprint density at radius 3 is 2.30 bits per heavy atom. The van der Waals surface area contributed by atoms with Crippen LogP contribution in [0.1, 0.15) is 13.3 Å². The molecule has 0 spiro atoms. The van der Waals surface area contributed by atoms with Crippen molar-refractivity contribution < 1.29 is 0 Å². The van der Waals surface area contributed by atoms with Crippen LogP contribution in [-0.4, -0.2) is 20.0 Å². The van der Waals surface area contributed by atoms with Crippen LogP contribution in [0, 0.1) is 0 Å². The summed E-state index contributed by atoms with van der Waals surface area (Å²) in [7, 11) is 0. The Morgan fingerprint density at radius 2 is 2.00 bits per heavy atom. The number of thiol groups is 1. The van der Waals surface area contributed by atoms with E-state index in [1.807, 2.05) is 11.8 Å². The molecule has 0 aromatic carbocycles. The summed E-state index contributed by atoms with van der Waals surface area (Å²) in [4.78, 5) is 0. The fourth-order valence-corrected chi connectivity index (χ4v) is 6.61. The largest absolute Gasteiger partial charge is 0.177 e. The van der Waals surface area contributed by atoms with E-state index in [1.54, 1.807) is 0 Å². The first-order chi connectivity index (χ1) is 4.83. The first kappa shape index (κ1) is 9.49. The van der Waals surface area contributed by atoms with Crippen LogP contribution in [0.4, 0.5) is 0 Å². The van der Waals surface area contributed by atoms with Gasteiger partial charge in [-0.25, -0.2) is 0 Å². The van der Waals surface area contributed by atoms with Gasteiger partial charge in [-0.2, -0.15) is 12.6 Å². The summed E-state index contributed by atoms with van der Waals surface area (Å²) in [5, 5.41) is 2.50. The van der Waals surface area contributed by atoms with E-state index in [2.05, 4.69) is 43.1 Å². The molecule has 0 aromatic heterocycles. The van der Waals surface area contributed by atoms with Crippen molar-refractivity contribution in [2.24, 2.45) is 0 Å². The molecule has 0 N–H and O–H groups in total. The molecule has 1 rings (SSSR count). The number of hydrogen-bond acceptors (Lipinski definition) is 4. The van der Waals surface area contributed by atoms with Crippen molar-refractivity contribution in [3.63, 3.8) is 0 Å². The minimum absolute atomic E-state index is 0.439. The lowest BCUT2D eigenvalue weighted by Crippen LogP contribution is -2.24. The van der Waals surface area contributed by atoms with Gasteiger partial charge >= 0.3 is 0 Å². The topological polar surface area (TPSA) is 0 Å². The highest BCUT2D eigenvalue weighted by molar-refractivity contribution is 8.33. The molecule has 1 heterocycles. The maximum Gasteiger partial charge on any atom is 0.0712 e. The van der Waals surface area contributed by atoms with Crippen molar-refractivity contribution in [2.75, 3.05) is 15.9 Å². The molecule has 0 unspecified atom stereocenters. The fraction of sp³-hybridized carbons (Fsp3) is 1.00. The summed E-state index contributed by atoms with van der Waals surface area (Å²) in [5.74, 6) is 1.01. The molecule has 0 aliphatic carbocycles. The van der Waals surface area contributed by atoms with E-state index in [-0.39, 0.29) is 0 Å². The molecule has 0 radical (unpaired) electrons. The summed E-state index contributed by atoms with van der Waals surface area (Å²) < 4.78 is 0.439. The zero-order chi connectivity index (χ0) is 7.45. The van der Waals surface area contributed by atoms with E-state index in [4.69, 9.17) is 0 Å². The second-order valence-corrected chi connectivity index (χ2v) is 7.16. The lowest BCUT2D eigenvalue weighted by molar-refractivity contribution is 0.862. The monoisotopic (exact) mass is 212 g/mol. The third kappa shape index (κ3) is 2.19. The Hall–Kier alpha value is 1.40.